The minimum atomic E-state index is -1.85. The molecular weight excluding hydrogens is 628 g/mol. The van der Waals surface area contributed by atoms with Crippen LogP contribution in [0.2, 0.25) is 0 Å². The van der Waals surface area contributed by atoms with Gasteiger partial charge in [-0.25, -0.2) is 0 Å². The van der Waals surface area contributed by atoms with E-state index in [0.717, 1.165) is 32.1 Å². The van der Waals surface area contributed by atoms with Gasteiger partial charge in [-0.05, 0) is 73.7 Å². The molecule has 7 aliphatic rings. The Kier molecular flexibility index (Phi) is 9.33. The van der Waals surface area contributed by atoms with Crippen LogP contribution in [0, 0.1) is 46.3 Å². The zero-order valence-electron chi connectivity index (χ0n) is 28.4. The summed E-state index contributed by atoms with van der Waals surface area (Å²) in [5.74, 6) is 0.133. The van der Waals surface area contributed by atoms with Crippen LogP contribution < -0.4 is 0 Å². The van der Waals surface area contributed by atoms with Crippen molar-refractivity contribution >= 4 is 0 Å². The van der Waals surface area contributed by atoms with Gasteiger partial charge in [0.1, 0.15) is 42.7 Å². The van der Waals surface area contributed by atoms with E-state index in [1.165, 1.54) is 0 Å². The molecule has 0 radical (unpaired) electrons. The molecule has 0 amide bonds. The van der Waals surface area contributed by atoms with Gasteiger partial charge in [-0.15, -0.1) is 0 Å². The maximum absolute atomic E-state index is 11.8. The number of fused-ring (bicyclic) bond motifs is 5. The number of allylic oxidation sites excluding steroid dienone is 1. The van der Waals surface area contributed by atoms with E-state index in [0.29, 0.717) is 31.1 Å². The molecule has 13 nitrogen and oxygen atoms in total. The first-order valence-corrected chi connectivity index (χ1v) is 18.0. The van der Waals surface area contributed by atoms with Crippen LogP contribution in [-0.4, -0.2) is 127 Å². The van der Waals surface area contributed by atoms with E-state index in [1.54, 1.807) is 0 Å². The summed E-state index contributed by atoms with van der Waals surface area (Å²) < 4.78 is 30.9. The molecule has 13 heteroatoms. The fraction of sp³-hybridized carbons (Fsp3) is 0.943. The highest BCUT2D eigenvalue weighted by Crippen LogP contribution is 2.67. The Labute approximate surface area is 281 Å². The van der Waals surface area contributed by atoms with E-state index in [1.807, 2.05) is 6.08 Å². The highest BCUT2D eigenvalue weighted by atomic mass is 16.8. The van der Waals surface area contributed by atoms with Crippen LogP contribution in [0.1, 0.15) is 72.6 Å². The van der Waals surface area contributed by atoms with Crippen molar-refractivity contribution in [1.82, 2.24) is 0 Å². The molecule has 0 bridgehead atoms. The first kappa shape index (κ1) is 35.5. The molecule has 0 aromatic heterocycles. The third kappa shape index (κ3) is 5.33. The molecule has 8 N–H and O–H groups in total. The fourth-order valence-corrected chi connectivity index (χ4v) is 10.8. The third-order valence-electron chi connectivity index (χ3n) is 14.2. The van der Waals surface area contributed by atoms with Gasteiger partial charge in [0.25, 0.3) is 0 Å². The van der Waals surface area contributed by atoms with E-state index >= 15 is 0 Å². The van der Waals surface area contributed by atoms with Crippen LogP contribution in [-0.2, 0) is 23.7 Å². The number of hydrogen-bond acceptors (Lipinski definition) is 13. The van der Waals surface area contributed by atoms with Gasteiger partial charge in [0, 0.05) is 23.7 Å². The number of ether oxygens (including phenoxy) is 5. The Morgan fingerprint density at radius 1 is 0.854 bits per heavy atom. The summed E-state index contributed by atoms with van der Waals surface area (Å²) in [5, 5.41) is 84.6. The van der Waals surface area contributed by atoms with Gasteiger partial charge < -0.3 is 64.5 Å². The lowest BCUT2D eigenvalue weighted by Crippen LogP contribution is -2.65. The van der Waals surface area contributed by atoms with Crippen LogP contribution in [0.5, 0.6) is 0 Å². The topological polar surface area (TPSA) is 208 Å². The van der Waals surface area contributed by atoms with Gasteiger partial charge in [-0.3, -0.25) is 0 Å². The average Bonchev–Trinajstić information content (AvgIpc) is 3.28. The van der Waals surface area contributed by atoms with Gasteiger partial charge in [0.05, 0.1) is 31.2 Å². The Hall–Kier alpha value is -0.940. The van der Waals surface area contributed by atoms with Crippen molar-refractivity contribution < 1.29 is 64.5 Å². The molecule has 274 valence electrons. The quantitative estimate of drug-likeness (QED) is 0.206. The molecule has 4 aliphatic heterocycles. The molecule has 2 saturated carbocycles. The maximum atomic E-state index is 11.8. The van der Waals surface area contributed by atoms with Crippen LogP contribution >= 0.6 is 0 Å². The Morgan fingerprint density at radius 2 is 1.58 bits per heavy atom. The number of hydrogen-bond donors (Lipinski definition) is 8. The summed E-state index contributed by atoms with van der Waals surface area (Å²) in [5.41, 5.74) is -0.296. The monoisotopic (exact) mass is 684 g/mol. The first-order chi connectivity index (χ1) is 22.6. The first-order valence-electron chi connectivity index (χ1n) is 18.0. The van der Waals surface area contributed by atoms with Gasteiger partial charge in [-0.1, -0.05) is 27.7 Å². The van der Waals surface area contributed by atoms with E-state index in [4.69, 9.17) is 23.7 Å². The van der Waals surface area contributed by atoms with Crippen molar-refractivity contribution in [2.24, 2.45) is 46.3 Å². The largest absolute Gasteiger partial charge is 0.512 e. The second-order valence-electron chi connectivity index (χ2n) is 16.7. The number of aliphatic hydroxyl groups is 8. The summed E-state index contributed by atoms with van der Waals surface area (Å²) in [4.78, 5) is 0. The summed E-state index contributed by atoms with van der Waals surface area (Å²) in [6, 6.07) is 0. The molecule has 7 rings (SSSR count). The van der Waals surface area contributed by atoms with Crippen LogP contribution in [0.4, 0.5) is 0 Å². The minimum absolute atomic E-state index is 0.0439. The van der Waals surface area contributed by atoms with Gasteiger partial charge in [-0.2, -0.15) is 0 Å². The fourth-order valence-electron chi connectivity index (χ4n) is 10.8. The molecule has 48 heavy (non-hydrogen) atoms. The number of aliphatic hydroxyl groups excluding tert-OH is 8. The molecule has 0 aromatic rings. The molecule has 0 unspecified atom stereocenters. The van der Waals surface area contributed by atoms with Gasteiger partial charge >= 0.3 is 0 Å². The van der Waals surface area contributed by atoms with Crippen molar-refractivity contribution in [3.63, 3.8) is 0 Å². The van der Waals surface area contributed by atoms with Crippen molar-refractivity contribution in [2.45, 2.75) is 146 Å². The lowest BCUT2D eigenvalue weighted by molar-refractivity contribution is -0.370. The molecule has 0 aromatic carbocycles. The van der Waals surface area contributed by atoms with Crippen LogP contribution in [0.15, 0.2) is 11.8 Å². The van der Waals surface area contributed by atoms with E-state index < -0.39 is 73.8 Å². The van der Waals surface area contributed by atoms with Gasteiger partial charge in [0.15, 0.2) is 18.4 Å². The van der Waals surface area contributed by atoms with Crippen molar-refractivity contribution in [3.8, 4) is 0 Å². The lowest BCUT2D eigenvalue weighted by atomic mass is 9.46. The van der Waals surface area contributed by atoms with Crippen molar-refractivity contribution in [2.75, 3.05) is 13.2 Å². The summed E-state index contributed by atoms with van der Waals surface area (Å²) >= 11 is 0. The highest BCUT2D eigenvalue weighted by Gasteiger charge is 2.68. The van der Waals surface area contributed by atoms with Crippen LogP contribution in [0.25, 0.3) is 0 Å². The molecule has 1 spiro atoms. The Morgan fingerprint density at radius 3 is 2.27 bits per heavy atom. The molecular formula is C35H56O13. The number of rotatable bonds is 4. The summed E-state index contributed by atoms with van der Waals surface area (Å²) in [7, 11) is 0. The lowest BCUT2D eigenvalue weighted by Gasteiger charge is -2.59. The molecule has 3 aliphatic carbocycles. The van der Waals surface area contributed by atoms with Gasteiger partial charge in [0.2, 0.25) is 0 Å². The minimum Gasteiger partial charge on any atom is -0.512 e. The Bertz CT molecular complexity index is 1210. The smallest absolute Gasteiger partial charge is 0.189 e. The predicted octanol–water partition coefficient (Wildman–Crippen LogP) is 0.699. The molecule has 20 atom stereocenters. The molecule has 4 heterocycles. The van der Waals surface area contributed by atoms with E-state index in [9.17, 15) is 40.9 Å². The normalized spacial score (nSPS) is 58.6. The van der Waals surface area contributed by atoms with Crippen molar-refractivity contribution in [1.29, 1.82) is 0 Å². The third-order valence-corrected chi connectivity index (χ3v) is 14.2. The van der Waals surface area contributed by atoms with E-state index in [-0.39, 0.29) is 46.5 Å². The predicted molar refractivity (Wildman–Crippen MR) is 167 cm³/mol. The SMILES string of the molecule is C[C@@H]1CC[C@@]2(OC1)O[C@@H]1[C@H]3C(O)=C[C@@H]4C[C@@H]([C@H]5O[C@@H](CO)[C@@H](O)[C@@H](O)[C@H]5O[C@@H]5O[C@H](O)[C@H](O)[C@H](O)[C@@H]5O)CC[C@@]4(C)[C@@H]3CC[C@@]1(C)[C@@H]2C. The van der Waals surface area contributed by atoms with Crippen molar-refractivity contribution in [3.05, 3.63) is 11.8 Å². The zero-order valence-corrected chi connectivity index (χ0v) is 28.4. The summed E-state index contributed by atoms with van der Waals surface area (Å²) in [6.07, 6.45) is -7.43. The second kappa shape index (κ2) is 12.6. The zero-order chi connectivity index (χ0) is 34.5. The standard InChI is InChI=1S/C35H56O13/c1-15-5-10-35(44-14-15)16(2)33(3)9-7-19-22(30(33)48-35)20(37)12-18-11-17(6-8-34(18,19)4)28-29(25(40)23(38)21(13-36)45-28)46-32-27(42)24(39)26(41)31(43)47-32/h12,15-19,21-32,36-43H,5-11,13-14H2,1-4H3/t15-,16+,17+,18+,19-,21+,22-,23-,24+,25-,26-,27+,28-,29-,30-,31+,32-,33+,34-,35-/m1/s1. The van der Waals surface area contributed by atoms with E-state index in [2.05, 4.69) is 27.7 Å². The second-order valence-corrected chi connectivity index (χ2v) is 16.7. The van der Waals surface area contributed by atoms with Crippen LogP contribution in [0.3, 0.4) is 0 Å². The average molecular weight is 685 g/mol. The maximum Gasteiger partial charge on any atom is 0.189 e. The highest BCUT2D eigenvalue weighted by molar-refractivity contribution is 5.23. The molecule has 4 saturated heterocycles. The Balaban J connectivity index is 1.14. The summed E-state index contributed by atoms with van der Waals surface area (Å²) in [6.45, 7) is 9.19. The molecule has 6 fully saturated rings.